The highest BCUT2D eigenvalue weighted by molar-refractivity contribution is 6.13. The number of hydrogen-bond acceptors (Lipinski definition) is 3. The fraction of sp³-hybridized carbons (Fsp3) is 0.238. The van der Waals surface area contributed by atoms with Crippen molar-refractivity contribution >= 4 is 17.2 Å². The van der Waals surface area contributed by atoms with Crippen LogP contribution in [0.1, 0.15) is 31.0 Å². The van der Waals surface area contributed by atoms with Crippen molar-refractivity contribution in [3.63, 3.8) is 0 Å². The van der Waals surface area contributed by atoms with Crippen LogP contribution in [0.5, 0.6) is 11.5 Å². The van der Waals surface area contributed by atoms with Crippen LogP contribution in [0.4, 0.5) is 5.69 Å². The second kappa shape index (κ2) is 4.45. The first-order valence-electron chi connectivity index (χ1n) is 8.71. The molecule has 25 heavy (non-hydrogen) atoms. The lowest BCUT2D eigenvalue weighted by Crippen LogP contribution is -2.38. The summed E-state index contributed by atoms with van der Waals surface area (Å²) in [5.74, 6) is 2.86. The van der Waals surface area contributed by atoms with Gasteiger partial charge in [-0.25, -0.2) is 0 Å². The van der Waals surface area contributed by atoms with E-state index in [1.54, 1.807) is 0 Å². The van der Waals surface area contributed by atoms with E-state index < -0.39 is 5.41 Å². The van der Waals surface area contributed by atoms with E-state index in [2.05, 4.69) is 23.5 Å². The molecule has 1 amide bonds. The predicted octanol–water partition coefficient (Wildman–Crippen LogP) is 3.71. The van der Waals surface area contributed by atoms with Crippen LogP contribution in [0.25, 0.3) is 5.57 Å². The molecule has 1 N–H and O–H groups in total. The molecule has 1 unspecified atom stereocenters. The van der Waals surface area contributed by atoms with E-state index in [4.69, 9.17) is 9.47 Å². The summed E-state index contributed by atoms with van der Waals surface area (Å²) in [6, 6.07) is 12.1. The predicted molar refractivity (Wildman–Crippen MR) is 95.9 cm³/mol. The Kier molecular flexibility index (Phi) is 2.41. The van der Waals surface area contributed by atoms with Crippen LogP contribution in [0.2, 0.25) is 0 Å². The van der Waals surface area contributed by atoms with Crippen molar-refractivity contribution in [2.24, 2.45) is 0 Å². The smallest absolute Gasteiger partial charge is 0.239 e. The Labute approximate surface area is 146 Å². The molecule has 1 radical (unpaired) electrons. The van der Waals surface area contributed by atoms with E-state index in [1.165, 1.54) is 11.5 Å². The number of amides is 1. The van der Waals surface area contributed by atoms with Gasteiger partial charge in [-0.15, -0.1) is 0 Å². The third-order valence-corrected chi connectivity index (χ3v) is 5.70. The number of hydrogen-bond donors (Lipinski definition) is 1. The molecular weight excluding hydrogens is 314 g/mol. The number of rotatable bonds is 0. The van der Waals surface area contributed by atoms with Crippen LogP contribution in [0.15, 0.2) is 42.5 Å². The van der Waals surface area contributed by atoms with Gasteiger partial charge in [-0.3, -0.25) is 4.79 Å². The molecule has 1 spiro atoms. The summed E-state index contributed by atoms with van der Waals surface area (Å²) in [7, 11) is 0. The Morgan fingerprint density at radius 1 is 1.04 bits per heavy atom. The zero-order valence-electron chi connectivity index (χ0n) is 13.6. The van der Waals surface area contributed by atoms with Crippen molar-refractivity contribution in [2.75, 3.05) is 18.5 Å². The number of fused-ring (bicyclic) bond motifs is 7. The molecule has 2 aromatic rings. The van der Waals surface area contributed by atoms with Gasteiger partial charge in [0.25, 0.3) is 0 Å². The quantitative estimate of drug-likeness (QED) is 0.800. The first-order valence-corrected chi connectivity index (χ1v) is 8.71. The Balaban J connectivity index is 0.00000150. The zero-order valence-corrected chi connectivity index (χ0v) is 13.6. The molecule has 4 aliphatic rings. The standard InChI is InChI=1S/C21H16NO3.H2/c23-20-21(15-4-1-2-5-17(15)22-20)11-12-8-13(12)14-9-18-19(10-16(14)21)25-7-3-6-24-18;/h1-2,4-5,8-10H,3,6-7,11H2,(H,22,23);1H. The van der Waals surface area contributed by atoms with Gasteiger partial charge in [0.1, 0.15) is 5.41 Å². The SMILES string of the molecule is O=C1Nc2ccccc2C12C[C]1C=C1c1cc3c(cc12)OCCCO3.[HH]. The zero-order chi connectivity index (χ0) is 16.6. The van der Waals surface area contributed by atoms with Gasteiger partial charge < -0.3 is 14.8 Å². The normalized spacial score (nSPS) is 25.4. The Morgan fingerprint density at radius 3 is 2.72 bits per heavy atom. The van der Waals surface area contributed by atoms with Gasteiger partial charge >= 0.3 is 0 Å². The fourth-order valence-electron chi connectivity index (χ4n) is 4.46. The maximum Gasteiger partial charge on any atom is 0.239 e. The highest BCUT2D eigenvalue weighted by Gasteiger charge is 2.56. The topological polar surface area (TPSA) is 47.6 Å². The largest absolute Gasteiger partial charge is 0.490 e. The third-order valence-electron chi connectivity index (χ3n) is 5.70. The molecule has 6 rings (SSSR count). The van der Waals surface area contributed by atoms with Crippen LogP contribution >= 0.6 is 0 Å². The molecule has 1 atom stereocenters. The van der Waals surface area contributed by atoms with Gasteiger partial charge in [0.15, 0.2) is 11.5 Å². The number of allylic oxidation sites excluding steroid dienone is 2. The molecule has 0 aromatic heterocycles. The lowest BCUT2D eigenvalue weighted by atomic mass is 9.66. The van der Waals surface area contributed by atoms with E-state index >= 15 is 0 Å². The summed E-state index contributed by atoms with van der Waals surface area (Å²) in [6.07, 6.45) is 3.78. The minimum atomic E-state index is -0.664. The second-order valence-corrected chi connectivity index (χ2v) is 7.06. The fourth-order valence-corrected chi connectivity index (χ4v) is 4.46. The van der Waals surface area contributed by atoms with Gasteiger partial charge in [0.2, 0.25) is 5.91 Å². The van der Waals surface area contributed by atoms with Crippen LogP contribution < -0.4 is 14.8 Å². The maximum absolute atomic E-state index is 13.2. The van der Waals surface area contributed by atoms with Crippen molar-refractivity contribution in [1.29, 1.82) is 0 Å². The maximum atomic E-state index is 13.2. The van der Waals surface area contributed by atoms with Crippen molar-refractivity contribution < 1.29 is 15.7 Å². The van der Waals surface area contributed by atoms with Crippen molar-refractivity contribution in [3.8, 4) is 11.5 Å². The minimum Gasteiger partial charge on any atom is -0.490 e. The van der Waals surface area contributed by atoms with E-state index in [0.29, 0.717) is 13.2 Å². The van der Waals surface area contributed by atoms with Crippen LogP contribution in [-0.2, 0) is 10.2 Å². The van der Waals surface area contributed by atoms with Crippen molar-refractivity contribution in [2.45, 2.75) is 18.3 Å². The molecule has 0 saturated heterocycles. The highest BCUT2D eigenvalue weighted by atomic mass is 16.5. The van der Waals surface area contributed by atoms with Crippen LogP contribution in [0, 0.1) is 5.92 Å². The van der Waals surface area contributed by atoms with Crippen LogP contribution in [-0.4, -0.2) is 19.1 Å². The summed E-state index contributed by atoms with van der Waals surface area (Å²) in [5, 5.41) is 3.08. The number of benzene rings is 2. The number of ether oxygens (including phenoxy) is 2. The van der Waals surface area contributed by atoms with Gasteiger partial charge in [-0.1, -0.05) is 24.3 Å². The summed E-state index contributed by atoms with van der Waals surface area (Å²) >= 11 is 0. The molecule has 0 saturated carbocycles. The molecule has 2 aromatic carbocycles. The van der Waals surface area contributed by atoms with Crippen molar-refractivity contribution in [3.05, 3.63) is 65.1 Å². The van der Waals surface area contributed by atoms with Gasteiger partial charge in [0, 0.05) is 19.5 Å². The molecule has 2 heterocycles. The molecular formula is C21H18NO3. The van der Waals surface area contributed by atoms with Gasteiger partial charge in [-0.05, 0) is 46.9 Å². The number of nitrogens with one attached hydrogen (secondary N) is 1. The number of carbonyl (C=O) groups is 1. The average Bonchev–Trinajstić information content (AvgIpc) is 3.38. The number of para-hydroxylation sites is 1. The van der Waals surface area contributed by atoms with Crippen LogP contribution in [0.3, 0.4) is 0 Å². The molecule has 0 fully saturated rings. The first-order chi connectivity index (χ1) is 12.3. The Hall–Kier alpha value is -2.75. The number of carbonyl (C=O) groups excluding carboxylic acids is 1. The average molecular weight is 332 g/mol. The highest BCUT2D eigenvalue weighted by Crippen LogP contribution is 2.61. The summed E-state index contributed by atoms with van der Waals surface area (Å²) in [5.41, 5.74) is 4.71. The lowest BCUT2D eigenvalue weighted by Gasteiger charge is -2.34. The number of anilines is 1. The first kappa shape index (κ1) is 13.5. The third kappa shape index (κ3) is 1.64. The summed E-state index contributed by atoms with van der Waals surface area (Å²) in [4.78, 5) is 13.2. The summed E-state index contributed by atoms with van der Waals surface area (Å²) in [6.45, 7) is 1.30. The van der Waals surface area contributed by atoms with Gasteiger partial charge in [-0.2, -0.15) is 0 Å². The second-order valence-electron chi connectivity index (χ2n) is 7.06. The van der Waals surface area contributed by atoms with Gasteiger partial charge in [0.05, 0.1) is 13.2 Å². The lowest BCUT2D eigenvalue weighted by molar-refractivity contribution is -0.119. The Morgan fingerprint density at radius 2 is 1.84 bits per heavy atom. The molecule has 4 nitrogen and oxygen atoms in total. The van der Waals surface area contributed by atoms with E-state index in [9.17, 15) is 4.79 Å². The molecule has 0 bridgehead atoms. The van der Waals surface area contributed by atoms with E-state index in [1.807, 2.05) is 24.3 Å². The molecule has 2 aliphatic carbocycles. The molecule has 4 heteroatoms. The monoisotopic (exact) mass is 332 g/mol. The Bertz CT molecular complexity index is 983. The van der Waals surface area contributed by atoms with E-state index in [0.717, 1.165) is 46.7 Å². The van der Waals surface area contributed by atoms with Crippen molar-refractivity contribution in [1.82, 2.24) is 0 Å². The minimum absolute atomic E-state index is 0. The molecule has 2 aliphatic heterocycles. The molecule has 125 valence electrons. The summed E-state index contributed by atoms with van der Waals surface area (Å²) < 4.78 is 11.8. The van der Waals surface area contributed by atoms with E-state index in [-0.39, 0.29) is 7.33 Å².